The molecule has 0 aliphatic carbocycles. The molecule has 2 aliphatic heterocycles. The Bertz CT molecular complexity index is 1010. The van der Waals surface area contributed by atoms with Crippen molar-refractivity contribution in [3.05, 3.63) is 59.3 Å². The number of H-pyrrole nitrogens is 1. The number of piperidine rings is 1. The van der Waals surface area contributed by atoms with Crippen molar-refractivity contribution < 1.29 is 4.79 Å². The summed E-state index contributed by atoms with van der Waals surface area (Å²) in [6.07, 6.45) is 2.00. The van der Waals surface area contributed by atoms with E-state index in [1.165, 1.54) is 22.5 Å². The number of rotatable bonds is 2. The van der Waals surface area contributed by atoms with Gasteiger partial charge >= 0.3 is 0 Å². The Morgan fingerprint density at radius 2 is 1.79 bits per heavy atom. The number of hydrogen-bond donors (Lipinski definition) is 2. The van der Waals surface area contributed by atoms with Gasteiger partial charge in [0.05, 0.1) is 18.0 Å². The van der Waals surface area contributed by atoms with Gasteiger partial charge in [0.25, 0.3) is 5.91 Å². The minimum absolute atomic E-state index is 0.119. The minimum atomic E-state index is 0.119. The molecule has 28 heavy (non-hydrogen) atoms. The largest absolute Gasteiger partial charge is 0.366 e. The highest BCUT2D eigenvalue weighted by Crippen LogP contribution is 2.34. The van der Waals surface area contributed by atoms with E-state index in [2.05, 4.69) is 65.4 Å². The number of nitrogens with zero attached hydrogens (tertiary/aromatic N) is 2. The molecule has 0 bridgehead atoms. The van der Waals surface area contributed by atoms with Crippen LogP contribution in [0.25, 0.3) is 10.9 Å². The molecule has 5 nitrogen and oxygen atoms in total. The zero-order valence-corrected chi connectivity index (χ0v) is 16.5. The number of para-hydroxylation sites is 2. The molecule has 1 fully saturated rings. The highest BCUT2D eigenvalue weighted by Gasteiger charge is 2.31. The third-order valence-electron chi connectivity index (χ3n) is 6.30. The molecule has 0 radical (unpaired) electrons. The number of aryl methyl sites for hydroxylation is 2. The summed E-state index contributed by atoms with van der Waals surface area (Å²) in [5, 5.41) is 4.62. The SMILES string of the molecule is Cc1ccc(C)c2[nH]c(C(=O)N3CCC(N4CNc5ccccc54)CC3)cc12. The molecule has 0 saturated carbocycles. The maximum atomic E-state index is 13.1. The molecule has 3 heterocycles. The van der Waals surface area contributed by atoms with Gasteiger partial charge in [0, 0.05) is 30.0 Å². The van der Waals surface area contributed by atoms with Crippen LogP contribution in [0.4, 0.5) is 11.4 Å². The first-order chi connectivity index (χ1) is 13.6. The van der Waals surface area contributed by atoms with Gasteiger partial charge in [0.1, 0.15) is 5.69 Å². The van der Waals surface area contributed by atoms with Crippen LogP contribution in [0.1, 0.15) is 34.5 Å². The van der Waals surface area contributed by atoms with E-state index in [1.54, 1.807) is 0 Å². The Hall–Kier alpha value is -2.95. The number of carbonyl (C=O) groups excluding carboxylic acids is 1. The Balaban J connectivity index is 1.30. The number of likely N-dealkylation sites (tertiary alicyclic amines) is 1. The fraction of sp³-hybridized carbons (Fsp3) is 0.348. The number of hydrogen-bond acceptors (Lipinski definition) is 3. The normalized spacial score (nSPS) is 17.1. The van der Waals surface area contributed by atoms with Crippen LogP contribution in [0.3, 0.4) is 0 Å². The molecular formula is C23H26N4O. The molecule has 1 amide bonds. The summed E-state index contributed by atoms with van der Waals surface area (Å²) in [4.78, 5) is 20.9. The van der Waals surface area contributed by atoms with Crippen molar-refractivity contribution in [2.75, 3.05) is 30.0 Å². The molecule has 5 heteroatoms. The van der Waals surface area contributed by atoms with Gasteiger partial charge in [-0.15, -0.1) is 0 Å². The molecule has 1 aromatic heterocycles. The summed E-state index contributed by atoms with van der Waals surface area (Å²) in [5.41, 5.74) is 6.67. The van der Waals surface area contributed by atoms with E-state index in [0.29, 0.717) is 11.7 Å². The highest BCUT2D eigenvalue weighted by atomic mass is 16.2. The molecule has 144 valence electrons. The summed E-state index contributed by atoms with van der Waals surface area (Å²) in [6, 6.07) is 15.2. The van der Waals surface area contributed by atoms with Crippen molar-refractivity contribution in [1.82, 2.24) is 9.88 Å². The van der Waals surface area contributed by atoms with E-state index < -0.39 is 0 Å². The van der Waals surface area contributed by atoms with Crippen LogP contribution >= 0.6 is 0 Å². The highest BCUT2D eigenvalue weighted by molar-refractivity contribution is 5.99. The topological polar surface area (TPSA) is 51.4 Å². The molecule has 3 aromatic rings. The van der Waals surface area contributed by atoms with Gasteiger partial charge in [-0.1, -0.05) is 24.3 Å². The van der Waals surface area contributed by atoms with E-state index in [4.69, 9.17) is 0 Å². The maximum Gasteiger partial charge on any atom is 0.270 e. The van der Waals surface area contributed by atoms with Crippen molar-refractivity contribution in [3.8, 4) is 0 Å². The molecular weight excluding hydrogens is 348 g/mol. The number of aromatic nitrogens is 1. The molecule has 0 atom stereocenters. The minimum Gasteiger partial charge on any atom is -0.366 e. The lowest BCUT2D eigenvalue weighted by molar-refractivity contribution is 0.0708. The average Bonchev–Trinajstić information content (AvgIpc) is 3.36. The Labute approximate surface area is 165 Å². The Kier molecular flexibility index (Phi) is 4.04. The third-order valence-corrected chi connectivity index (χ3v) is 6.30. The lowest BCUT2D eigenvalue weighted by Crippen LogP contribution is -2.46. The molecule has 2 N–H and O–H groups in total. The lowest BCUT2D eigenvalue weighted by Gasteiger charge is -2.37. The number of carbonyl (C=O) groups is 1. The van der Waals surface area contributed by atoms with Crippen LogP contribution in [0.15, 0.2) is 42.5 Å². The number of amides is 1. The van der Waals surface area contributed by atoms with Crippen molar-refractivity contribution in [2.24, 2.45) is 0 Å². The van der Waals surface area contributed by atoms with Crippen LogP contribution < -0.4 is 10.2 Å². The standard InChI is InChI=1S/C23H26N4O/c1-15-7-8-16(2)22-18(15)13-20(25-22)23(28)26-11-9-17(10-12-26)27-14-24-19-5-3-4-6-21(19)27/h3-8,13,17,24-25H,9-12,14H2,1-2H3. The van der Waals surface area contributed by atoms with Gasteiger partial charge in [-0.3, -0.25) is 4.79 Å². The third kappa shape index (κ3) is 2.73. The van der Waals surface area contributed by atoms with Gasteiger partial charge in [-0.25, -0.2) is 0 Å². The van der Waals surface area contributed by atoms with Crippen LogP contribution in [0, 0.1) is 13.8 Å². The van der Waals surface area contributed by atoms with Gasteiger partial charge in [0.15, 0.2) is 0 Å². The summed E-state index contributed by atoms with van der Waals surface area (Å²) >= 11 is 0. The van der Waals surface area contributed by atoms with E-state index in [0.717, 1.165) is 43.5 Å². The zero-order valence-electron chi connectivity index (χ0n) is 16.5. The van der Waals surface area contributed by atoms with Crippen molar-refractivity contribution in [2.45, 2.75) is 32.7 Å². The number of benzene rings is 2. The van der Waals surface area contributed by atoms with Crippen LogP contribution in [0.2, 0.25) is 0 Å². The Morgan fingerprint density at radius 1 is 1.04 bits per heavy atom. The van der Waals surface area contributed by atoms with Gasteiger partial charge in [-0.05, 0) is 56.0 Å². The fourth-order valence-corrected chi connectivity index (χ4v) is 4.62. The van der Waals surface area contributed by atoms with Crippen LogP contribution in [-0.2, 0) is 0 Å². The van der Waals surface area contributed by atoms with Crippen LogP contribution in [-0.4, -0.2) is 41.6 Å². The molecule has 5 rings (SSSR count). The molecule has 2 aliphatic rings. The summed E-state index contributed by atoms with van der Waals surface area (Å²) in [6.45, 7) is 6.64. The molecule has 0 unspecified atom stereocenters. The van der Waals surface area contributed by atoms with E-state index in [1.807, 2.05) is 11.0 Å². The number of nitrogens with one attached hydrogen (secondary N) is 2. The summed E-state index contributed by atoms with van der Waals surface area (Å²) in [7, 11) is 0. The first-order valence-electron chi connectivity index (χ1n) is 10.1. The van der Waals surface area contributed by atoms with E-state index >= 15 is 0 Å². The van der Waals surface area contributed by atoms with E-state index in [9.17, 15) is 4.79 Å². The average molecular weight is 374 g/mol. The number of aromatic amines is 1. The molecule has 1 saturated heterocycles. The number of anilines is 2. The second kappa shape index (κ2) is 6.59. The van der Waals surface area contributed by atoms with Gasteiger partial charge in [-0.2, -0.15) is 0 Å². The van der Waals surface area contributed by atoms with Crippen molar-refractivity contribution in [3.63, 3.8) is 0 Å². The molecule has 2 aromatic carbocycles. The summed E-state index contributed by atoms with van der Waals surface area (Å²) < 4.78 is 0. The zero-order chi connectivity index (χ0) is 19.3. The molecule has 0 spiro atoms. The summed E-state index contributed by atoms with van der Waals surface area (Å²) in [5.74, 6) is 0.119. The second-order valence-corrected chi connectivity index (χ2v) is 8.02. The predicted molar refractivity (Wildman–Crippen MR) is 114 cm³/mol. The number of fused-ring (bicyclic) bond motifs is 2. The predicted octanol–water partition coefficient (Wildman–Crippen LogP) is 4.28. The Morgan fingerprint density at radius 3 is 2.57 bits per heavy atom. The van der Waals surface area contributed by atoms with E-state index in [-0.39, 0.29) is 5.91 Å². The quantitative estimate of drug-likeness (QED) is 0.704. The van der Waals surface area contributed by atoms with Gasteiger partial charge < -0.3 is 20.1 Å². The fourth-order valence-electron chi connectivity index (χ4n) is 4.62. The van der Waals surface area contributed by atoms with Gasteiger partial charge in [0.2, 0.25) is 0 Å². The maximum absolute atomic E-state index is 13.1. The monoisotopic (exact) mass is 374 g/mol. The smallest absolute Gasteiger partial charge is 0.270 e. The second-order valence-electron chi connectivity index (χ2n) is 8.02. The van der Waals surface area contributed by atoms with Crippen molar-refractivity contribution in [1.29, 1.82) is 0 Å². The van der Waals surface area contributed by atoms with Crippen molar-refractivity contribution >= 4 is 28.2 Å². The first-order valence-corrected chi connectivity index (χ1v) is 10.1. The first kappa shape index (κ1) is 17.2. The van der Waals surface area contributed by atoms with Crippen LogP contribution in [0.5, 0.6) is 0 Å². The lowest BCUT2D eigenvalue weighted by atomic mass is 10.0.